The van der Waals surface area contributed by atoms with E-state index in [0.717, 1.165) is 16.5 Å². The topological polar surface area (TPSA) is 39.4 Å². The molecule has 1 aromatic heterocycles. The summed E-state index contributed by atoms with van der Waals surface area (Å²) >= 11 is 12.1. The van der Waals surface area contributed by atoms with E-state index in [1.807, 2.05) is 54.6 Å². The normalized spacial score (nSPS) is 10.9. The Morgan fingerprint density at radius 1 is 0.889 bits per heavy atom. The van der Waals surface area contributed by atoms with E-state index in [0.29, 0.717) is 26.9 Å². The quantitative estimate of drug-likeness (QED) is 0.377. The van der Waals surface area contributed by atoms with Gasteiger partial charge in [0.1, 0.15) is 17.9 Å². The summed E-state index contributed by atoms with van der Waals surface area (Å²) in [5.74, 6) is 0.587. The van der Waals surface area contributed by atoms with Gasteiger partial charge in [0.25, 0.3) is 0 Å². The van der Waals surface area contributed by atoms with Crippen LogP contribution >= 0.6 is 23.2 Å². The molecule has 0 atom stereocenters. The average molecular weight is 397 g/mol. The Labute approximate surface area is 165 Å². The van der Waals surface area contributed by atoms with E-state index in [1.54, 1.807) is 18.2 Å². The zero-order valence-corrected chi connectivity index (χ0v) is 15.6. The number of hydrogen-bond donors (Lipinski definition) is 0. The van der Waals surface area contributed by atoms with Gasteiger partial charge in [0.15, 0.2) is 0 Å². The van der Waals surface area contributed by atoms with Gasteiger partial charge in [-0.25, -0.2) is 4.79 Å². The Morgan fingerprint density at radius 3 is 2.48 bits per heavy atom. The maximum absolute atomic E-state index is 12.4. The van der Waals surface area contributed by atoms with Crippen molar-refractivity contribution in [2.75, 3.05) is 0 Å². The number of ether oxygens (including phenoxy) is 1. The van der Waals surface area contributed by atoms with Crippen molar-refractivity contribution in [2.24, 2.45) is 0 Å². The van der Waals surface area contributed by atoms with Crippen LogP contribution in [0.25, 0.3) is 22.1 Å². The largest absolute Gasteiger partial charge is 0.489 e. The second-order valence-corrected chi connectivity index (χ2v) is 6.88. The Morgan fingerprint density at radius 2 is 1.70 bits per heavy atom. The summed E-state index contributed by atoms with van der Waals surface area (Å²) in [5.41, 5.74) is 2.27. The lowest BCUT2D eigenvalue weighted by Gasteiger charge is -2.09. The molecule has 3 aromatic carbocycles. The van der Waals surface area contributed by atoms with Gasteiger partial charge < -0.3 is 9.15 Å². The predicted molar refractivity (Wildman–Crippen MR) is 109 cm³/mol. The van der Waals surface area contributed by atoms with Crippen molar-refractivity contribution < 1.29 is 9.15 Å². The first kappa shape index (κ1) is 17.7. The maximum Gasteiger partial charge on any atom is 0.344 e. The van der Waals surface area contributed by atoms with Gasteiger partial charge in [0, 0.05) is 27.1 Å². The van der Waals surface area contributed by atoms with E-state index in [9.17, 15) is 4.79 Å². The fraction of sp³-hybridized carbons (Fsp3) is 0.0455. The summed E-state index contributed by atoms with van der Waals surface area (Å²) in [5, 5.41) is 1.94. The Bertz CT molecular complexity index is 1170. The third-order valence-corrected chi connectivity index (χ3v) is 4.79. The molecular formula is C22H14Cl2O3. The van der Waals surface area contributed by atoms with Gasteiger partial charge in [-0.1, -0.05) is 59.6 Å². The zero-order chi connectivity index (χ0) is 18.8. The minimum atomic E-state index is -0.383. The van der Waals surface area contributed by atoms with Crippen LogP contribution in [0.3, 0.4) is 0 Å². The highest BCUT2D eigenvalue weighted by Crippen LogP contribution is 2.26. The van der Waals surface area contributed by atoms with Crippen LogP contribution in [0.5, 0.6) is 5.75 Å². The van der Waals surface area contributed by atoms with Crippen molar-refractivity contribution in [2.45, 2.75) is 6.61 Å². The molecule has 0 bridgehead atoms. The molecule has 0 amide bonds. The predicted octanol–water partition coefficient (Wildman–Crippen LogP) is 6.35. The average Bonchev–Trinajstić information content (AvgIpc) is 2.67. The number of rotatable bonds is 4. The monoisotopic (exact) mass is 396 g/mol. The Hall–Kier alpha value is -2.75. The molecule has 0 N–H and O–H groups in total. The summed E-state index contributed by atoms with van der Waals surface area (Å²) in [6.07, 6.45) is 0. The third kappa shape index (κ3) is 3.85. The minimum Gasteiger partial charge on any atom is -0.489 e. The molecule has 4 aromatic rings. The maximum atomic E-state index is 12.4. The van der Waals surface area contributed by atoms with Gasteiger partial charge in [-0.05, 0) is 35.9 Å². The fourth-order valence-corrected chi connectivity index (χ4v) is 3.26. The molecule has 134 valence electrons. The molecule has 0 fully saturated rings. The van der Waals surface area contributed by atoms with Gasteiger partial charge in [0.2, 0.25) is 0 Å². The van der Waals surface area contributed by atoms with Crippen molar-refractivity contribution in [3.8, 4) is 16.9 Å². The number of benzene rings is 3. The van der Waals surface area contributed by atoms with E-state index in [4.69, 9.17) is 32.4 Å². The molecule has 0 aliphatic carbocycles. The molecule has 0 aliphatic rings. The summed E-state index contributed by atoms with van der Waals surface area (Å²) in [7, 11) is 0. The molecule has 0 radical (unpaired) electrons. The number of halogens is 2. The van der Waals surface area contributed by atoms with E-state index >= 15 is 0 Å². The van der Waals surface area contributed by atoms with Crippen LogP contribution in [0.4, 0.5) is 0 Å². The van der Waals surface area contributed by atoms with Crippen molar-refractivity contribution in [3.05, 3.63) is 98.8 Å². The summed E-state index contributed by atoms with van der Waals surface area (Å²) in [6.45, 7) is 0.286. The second-order valence-electron chi connectivity index (χ2n) is 6.04. The van der Waals surface area contributed by atoms with Crippen molar-refractivity contribution in [3.63, 3.8) is 0 Å². The van der Waals surface area contributed by atoms with Crippen LogP contribution in [0.1, 0.15) is 5.56 Å². The van der Waals surface area contributed by atoms with Gasteiger partial charge in [-0.15, -0.1) is 0 Å². The molecule has 1 heterocycles. The second kappa shape index (κ2) is 7.47. The van der Waals surface area contributed by atoms with Crippen molar-refractivity contribution in [1.29, 1.82) is 0 Å². The number of hydrogen-bond acceptors (Lipinski definition) is 3. The molecule has 0 saturated carbocycles. The van der Waals surface area contributed by atoms with E-state index in [1.165, 1.54) is 0 Å². The van der Waals surface area contributed by atoms with E-state index in [-0.39, 0.29) is 12.2 Å². The van der Waals surface area contributed by atoms with Gasteiger partial charge >= 0.3 is 5.63 Å². The number of fused-ring (bicyclic) bond motifs is 1. The smallest absolute Gasteiger partial charge is 0.344 e. The minimum absolute atomic E-state index is 0.286. The SMILES string of the molecule is O=c1oc2cc(OCc3ccc(Cl)cc3Cl)ccc2cc1-c1ccccc1. The molecule has 0 aliphatic heterocycles. The molecule has 0 saturated heterocycles. The highest BCUT2D eigenvalue weighted by Gasteiger charge is 2.09. The third-order valence-electron chi connectivity index (χ3n) is 4.20. The van der Waals surface area contributed by atoms with Crippen molar-refractivity contribution in [1.82, 2.24) is 0 Å². The molecule has 27 heavy (non-hydrogen) atoms. The van der Waals surface area contributed by atoms with Crippen LogP contribution in [-0.2, 0) is 6.61 Å². The van der Waals surface area contributed by atoms with Gasteiger partial charge in [0.05, 0.1) is 5.56 Å². The van der Waals surface area contributed by atoms with Crippen LogP contribution in [0.15, 0.2) is 82.0 Å². The van der Waals surface area contributed by atoms with Gasteiger partial charge in [-0.3, -0.25) is 0 Å². The van der Waals surface area contributed by atoms with Crippen LogP contribution in [-0.4, -0.2) is 0 Å². The lowest BCUT2D eigenvalue weighted by molar-refractivity contribution is 0.306. The van der Waals surface area contributed by atoms with E-state index in [2.05, 4.69) is 0 Å². The first-order valence-corrected chi connectivity index (χ1v) is 9.06. The lowest BCUT2D eigenvalue weighted by Crippen LogP contribution is -2.03. The zero-order valence-electron chi connectivity index (χ0n) is 14.1. The highest BCUT2D eigenvalue weighted by atomic mass is 35.5. The van der Waals surface area contributed by atoms with Gasteiger partial charge in [-0.2, -0.15) is 0 Å². The molecule has 0 unspecified atom stereocenters. The van der Waals surface area contributed by atoms with Crippen molar-refractivity contribution >= 4 is 34.2 Å². The Kier molecular flexibility index (Phi) is 4.88. The first-order valence-electron chi connectivity index (χ1n) is 8.30. The van der Waals surface area contributed by atoms with Crippen LogP contribution < -0.4 is 10.4 Å². The van der Waals surface area contributed by atoms with E-state index < -0.39 is 0 Å². The lowest BCUT2D eigenvalue weighted by atomic mass is 10.1. The Balaban J connectivity index is 1.62. The van der Waals surface area contributed by atoms with Crippen LogP contribution in [0.2, 0.25) is 10.0 Å². The highest BCUT2D eigenvalue weighted by molar-refractivity contribution is 6.35. The first-order chi connectivity index (χ1) is 13.1. The summed E-state index contributed by atoms with van der Waals surface area (Å²) < 4.78 is 11.3. The fourth-order valence-electron chi connectivity index (χ4n) is 2.80. The summed E-state index contributed by atoms with van der Waals surface area (Å²) in [4.78, 5) is 12.4. The molecule has 5 heteroatoms. The molecule has 0 spiro atoms. The standard InChI is InChI=1S/C22H14Cl2O3/c23-17-8-6-16(20(24)11-17)13-26-18-9-7-15-10-19(14-4-2-1-3-5-14)22(25)27-21(15)12-18/h1-12H,13H2. The summed E-state index contributed by atoms with van der Waals surface area (Å²) in [6, 6.07) is 21.9. The molecular weight excluding hydrogens is 383 g/mol. The van der Waals surface area contributed by atoms with Crippen LogP contribution in [0, 0.1) is 0 Å². The molecule has 3 nitrogen and oxygen atoms in total. The molecule has 4 rings (SSSR count).